The molecule has 1 rings (SSSR count). The minimum absolute atomic E-state index is 0.0452. The van der Waals surface area contributed by atoms with E-state index in [4.69, 9.17) is 4.74 Å². The Kier molecular flexibility index (Phi) is 2.47. The molecular weight excluding hydrogens is 140 g/mol. The van der Waals surface area contributed by atoms with Crippen LogP contribution in [0.5, 0.6) is 0 Å². The van der Waals surface area contributed by atoms with E-state index >= 15 is 0 Å². The largest absolute Gasteiger partial charge is 0.493 e. The van der Waals surface area contributed by atoms with Crippen molar-refractivity contribution in [3.63, 3.8) is 0 Å². The minimum Gasteiger partial charge on any atom is -0.493 e. The van der Waals surface area contributed by atoms with Gasteiger partial charge < -0.3 is 4.74 Å². The molecule has 2 heteroatoms. The van der Waals surface area contributed by atoms with Gasteiger partial charge in [0.05, 0.1) is 12.2 Å². The summed E-state index contributed by atoms with van der Waals surface area (Å²) in [5.74, 6) is 0.0931. The Hall–Kier alpha value is -1.05. The zero-order valence-corrected chi connectivity index (χ0v) is 6.78. The van der Waals surface area contributed by atoms with E-state index in [1.807, 2.05) is 26.0 Å². The molecule has 0 aliphatic carbocycles. The first kappa shape index (κ1) is 8.05. The summed E-state index contributed by atoms with van der Waals surface area (Å²) in [6, 6.07) is 0. The predicted octanol–water partition coefficient (Wildman–Crippen LogP) is 1.68. The average molecular weight is 152 g/mol. The Bertz CT molecular complexity index is 204. The van der Waals surface area contributed by atoms with Gasteiger partial charge in [0.25, 0.3) is 0 Å². The third-order valence-electron chi connectivity index (χ3n) is 1.79. The maximum Gasteiger partial charge on any atom is 0.165 e. The van der Waals surface area contributed by atoms with Gasteiger partial charge in [-0.1, -0.05) is 13.0 Å². The Morgan fingerprint density at radius 1 is 1.64 bits per heavy atom. The summed E-state index contributed by atoms with van der Waals surface area (Å²) >= 11 is 0. The SMILES string of the molecule is C/C=C/[C@@H]1OC=CC(=O)[C@H]1C. The summed E-state index contributed by atoms with van der Waals surface area (Å²) in [7, 11) is 0. The molecule has 60 valence electrons. The van der Waals surface area contributed by atoms with Crippen LogP contribution in [0.1, 0.15) is 13.8 Å². The first-order valence-electron chi connectivity index (χ1n) is 3.74. The lowest BCUT2D eigenvalue weighted by Crippen LogP contribution is -2.27. The molecule has 0 radical (unpaired) electrons. The number of carbonyl (C=O) groups is 1. The molecular formula is C9H12O2. The van der Waals surface area contributed by atoms with Crippen LogP contribution in [0.15, 0.2) is 24.5 Å². The molecule has 0 amide bonds. The van der Waals surface area contributed by atoms with Gasteiger partial charge in [-0.05, 0) is 13.0 Å². The molecule has 2 nitrogen and oxygen atoms in total. The van der Waals surface area contributed by atoms with Gasteiger partial charge in [0, 0.05) is 6.08 Å². The van der Waals surface area contributed by atoms with Crippen LogP contribution >= 0.6 is 0 Å². The molecule has 1 aliphatic heterocycles. The summed E-state index contributed by atoms with van der Waals surface area (Å²) in [5, 5.41) is 0. The second-order valence-electron chi connectivity index (χ2n) is 2.62. The van der Waals surface area contributed by atoms with Gasteiger partial charge in [0.15, 0.2) is 5.78 Å². The van der Waals surface area contributed by atoms with Crippen LogP contribution in [0.2, 0.25) is 0 Å². The number of hydrogen-bond acceptors (Lipinski definition) is 2. The van der Waals surface area contributed by atoms with Gasteiger partial charge >= 0.3 is 0 Å². The van der Waals surface area contributed by atoms with Gasteiger partial charge in [-0.15, -0.1) is 0 Å². The summed E-state index contributed by atoms with van der Waals surface area (Å²) in [6.07, 6.45) is 6.66. The molecule has 0 fully saturated rings. The van der Waals surface area contributed by atoms with Crippen LogP contribution in [-0.4, -0.2) is 11.9 Å². The monoisotopic (exact) mass is 152 g/mol. The summed E-state index contributed by atoms with van der Waals surface area (Å²) < 4.78 is 5.21. The first-order valence-corrected chi connectivity index (χ1v) is 3.74. The Morgan fingerprint density at radius 2 is 2.36 bits per heavy atom. The number of allylic oxidation sites excluding steroid dienone is 2. The fourth-order valence-electron chi connectivity index (χ4n) is 1.03. The third-order valence-corrected chi connectivity index (χ3v) is 1.79. The number of rotatable bonds is 1. The van der Waals surface area contributed by atoms with Crippen LogP contribution in [0.4, 0.5) is 0 Å². The highest BCUT2D eigenvalue weighted by Gasteiger charge is 2.23. The van der Waals surface area contributed by atoms with Crippen molar-refractivity contribution < 1.29 is 9.53 Å². The van der Waals surface area contributed by atoms with Gasteiger partial charge in [0.2, 0.25) is 0 Å². The Balaban J connectivity index is 2.70. The molecule has 1 aliphatic rings. The van der Waals surface area contributed by atoms with E-state index in [0.717, 1.165) is 0 Å². The third kappa shape index (κ3) is 1.70. The van der Waals surface area contributed by atoms with E-state index < -0.39 is 0 Å². The normalized spacial score (nSPS) is 30.9. The molecule has 0 N–H and O–H groups in total. The van der Waals surface area contributed by atoms with E-state index in [-0.39, 0.29) is 17.8 Å². The zero-order chi connectivity index (χ0) is 8.27. The summed E-state index contributed by atoms with van der Waals surface area (Å²) in [4.78, 5) is 11.1. The van der Waals surface area contributed by atoms with Crippen molar-refractivity contribution in [3.05, 3.63) is 24.5 Å². The number of carbonyl (C=O) groups excluding carboxylic acids is 1. The maximum atomic E-state index is 11.1. The molecule has 0 saturated heterocycles. The number of hydrogen-bond donors (Lipinski definition) is 0. The lowest BCUT2D eigenvalue weighted by Gasteiger charge is -2.21. The van der Waals surface area contributed by atoms with Crippen molar-refractivity contribution in [1.29, 1.82) is 0 Å². The van der Waals surface area contributed by atoms with E-state index in [9.17, 15) is 4.79 Å². The summed E-state index contributed by atoms with van der Waals surface area (Å²) in [5.41, 5.74) is 0. The minimum atomic E-state index is -0.0718. The molecule has 0 aromatic rings. The Labute approximate surface area is 66.5 Å². The standard InChI is InChI=1S/C9H12O2/c1-3-4-9-7(2)8(10)5-6-11-9/h3-7,9H,1-2H3/b4-3+/t7-,9+/m1/s1. The zero-order valence-electron chi connectivity index (χ0n) is 6.78. The van der Waals surface area contributed by atoms with Crippen LogP contribution in [0.3, 0.4) is 0 Å². The van der Waals surface area contributed by atoms with Crippen molar-refractivity contribution in [2.75, 3.05) is 0 Å². The smallest absolute Gasteiger partial charge is 0.165 e. The molecule has 0 aromatic heterocycles. The lowest BCUT2D eigenvalue weighted by molar-refractivity contribution is -0.121. The van der Waals surface area contributed by atoms with Gasteiger partial charge in [0.1, 0.15) is 6.10 Å². The second-order valence-corrected chi connectivity index (χ2v) is 2.62. The van der Waals surface area contributed by atoms with E-state index in [0.29, 0.717) is 0 Å². The highest BCUT2D eigenvalue weighted by molar-refractivity contribution is 5.92. The molecule has 0 spiro atoms. The molecule has 0 unspecified atom stereocenters. The van der Waals surface area contributed by atoms with Gasteiger partial charge in [-0.2, -0.15) is 0 Å². The first-order chi connectivity index (χ1) is 5.25. The van der Waals surface area contributed by atoms with Crippen molar-refractivity contribution >= 4 is 5.78 Å². The van der Waals surface area contributed by atoms with Crippen LogP contribution in [0, 0.1) is 5.92 Å². The lowest BCUT2D eigenvalue weighted by atomic mass is 9.97. The number of ketones is 1. The van der Waals surface area contributed by atoms with Gasteiger partial charge in [-0.3, -0.25) is 4.79 Å². The molecule has 0 bridgehead atoms. The molecule has 1 heterocycles. The van der Waals surface area contributed by atoms with Crippen molar-refractivity contribution in [1.82, 2.24) is 0 Å². The van der Waals surface area contributed by atoms with E-state index in [1.165, 1.54) is 12.3 Å². The molecule has 0 saturated carbocycles. The average Bonchev–Trinajstić information content (AvgIpc) is 1.99. The summed E-state index contributed by atoms with van der Waals surface area (Å²) in [6.45, 7) is 3.79. The molecule has 2 atom stereocenters. The van der Waals surface area contributed by atoms with Crippen molar-refractivity contribution in [2.45, 2.75) is 20.0 Å². The quantitative estimate of drug-likeness (QED) is 0.534. The highest BCUT2D eigenvalue weighted by atomic mass is 16.5. The van der Waals surface area contributed by atoms with Gasteiger partial charge in [-0.25, -0.2) is 0 Å². The predicted molar refractivity (Wildman–Crippen MR) is 43.0 cm³/mol. The van der Waals surface area contributed by atoms with Crippen molar-refractivity contribution in [2.24, 2.45) is 5.92 Å². The van der Waals surface area contributed by atoms with Crippen LogP contribution in [0.25, 0.3) is 0 Å². The number of ether oxygens (including phenoxy) is 1. The fraction of sp³-hybridized carbons (Fsp3) is 0.444. The Morgan fingerprint density at radius 3 is 3.00 bits per heavy atom. The van der Waals surface area contributed by atoms with Crippen LogP contribution in [-0.2, 0) is 9.53 Å². The van der Waals surface area contributed by atoms with Crippen LogP contribution < -0.4 is 0 Å². The fourth-order valence-corrected chi connectivity index (χ4v) is 1.03. The maximum absolute atomic E-state index is 11.1. The van der Waals surface area contributed by atoms with E-state index in [1.54, 1.807) is 0 Å². The molecule has 11 heavy (non-hydrogen) atoms. The topological polar surface area (TPSA) is 26.3 Å². The highest BCUT2D eigenvalue weighted by Crippen LogP contribution is 2.15. The van der Waals surface area contributed by atoms with E-state index in [2.05, 4.69) is 0 Å². The van der Waals surface area contributed by atoms with Crippen molar-refractivity contribution in [3.8, 4) is 0 Å². The second kappa shape index (κ2) is 3.37. The molecule has 0 aromatic carbocycles.